The molecule has 4 rings (SSSR count). The van der Waals surface area contributed by atoms with E-state index in [9.17, 15) is 8.42 Å². The number of methoxy groups -OCH3 is 1. The number of rotatable bonds is 4. The van der Waals surface area contributed by atoms with Crippen molar-refractivity contribution in [3.05, 3.63) is 84.6 Å². The summed E-state index contributed by atoms with van der Waals surface area (Å²) in [5.41, 5.74) is 2.69. The van der Waals surface area contributed by atoms with Crippen molar-refractivity contribution in [3.8, 4) is 5.75 Å². The van der Waals surface area contributed by atoms with Gasteiger partial charge < -0.3 is 4.74 Å². The molecule has 0 aliphatic heterocycles. The van der Waals surface area contributed by atoms with Gasteiger partial charge in [0.05, 0.1) is 12.6 Å². The molecule has 4 nitrogen and oxygen atoms in total. The molecule has 0 saturated carbocycles. The monoisotopic (exact) mass is 379 g/mol. The maximum atomic E-state index is 13.5. The van der Waals surface area contributed by atoms with Gasteiger partial charge in [-0.2, -0.15) is 0 Å². The molecule has 1 aromatic heterocycles. The first-order chi connectivity index (χ1) is 12.9. The van der Waals surface area contributed by atoms with Crippen molar-refractivity contribution >= 4 is 26.5 Å². The number of ether oxygens (including phenoxy) is 1. The minimum absolute atomic E-state index is 0.407. The van der Waals surface area contributed by atoms with Crippen LogP contribution in [0.2, 0.25) is 0 Å². The van der Waals surface area contributed by atoms with E-state index < -0.39 is 14.8 Å². The summed E-state index contributed by atoms with van der Waals surface area (Å²) in [6, 6.07) is 17.1. The molecule has 5 heteroatoms. The second-order valence-corrected chi connectivity index (χ2v) is 9.22. The Morgan fingerprint density at radius 2 is 1.78 bits per heavy atom. The van der Waals surface area contributed by atoms with Crippen LogP contribution in [0.15, 0.2) is 79.0 Å². The van der Waals surface area contributed by atoms with E-state index in [1.54, 1.807) is 26.3 Å². The van der Waals surface area contributed by atoms with Crippen LogP contribution in [0.3, 0.4) is 0 Å². The molecular weight excluding hydrogens is 358 g/mol. The Hall–Kier alpha value is -2.79. The van der Waals surface area contributed by atoms with Crippen molar-refractivity contribution in [3.63, 3.8) is 0 Å². The fraction of sp³-hybridized carbons (Fsp3) is 0.182. The molecule has 0 radical (unpaired) electrons. The van der Waals surface area contributed by atoms with E-state index in [4.69, 9.17) is 4.74 Å². The predicted octanol–water partition coefficient (Wildman–Crippen LogP) is 4.63. The lowest BCUT2D eigenvalue weighted by Crippen LogP contribution is -2.38. The minimum atomic E-state index is -3.63. The molecule has 1 heterocycles. The highest BCUT2D eigenvalue weighted by molar-refractivity contribution is 7.91. The Labute approximate surface area is 159 Å². The van der Waals surface area contributed by atoms with E-state index in [0.717, 1.165) is 22.3 Å². The Morgan fingerprint density at radius 3 is 2.52 bits per heavy atom. The van der Waals surface area contributed by atoms with Crippen LogP contribution in [0.25, 0.3) is 16.5 Å². The third-order valence-electron chi connectivity index (χ3n) is 5.16. The SMILES string of the molecule is COc1ccc(C2=CC=CC(C)(S(=O)(=O)n3ccc4ccccc43)C2)cc1. The zero-order valence-corrected chi connectivity index (χ0v) is 16.1. The average Bonchev–Trinajstić information content (AvgIpc) is 3.13. The molecule has 0 bridgehead atoms. The second-order valence-electron chi connectivity index (χ2n) is 6.94. The molecule has 0 amide bonds. The normalized spacial score (nSPS) is 19.9. The fourth-order valence-electron chi connectivity index (χ4n) is 3.54. The van der Waals surface area contributed by atoms with Crippen molar-refractivity contribution in [1.29, 1.82) is 0 Å². The highest BCUT2D eigenvalue weighted by Gasteiger charge is 2.40. The quantitative estimate of drug-likeness (QED) is 0.664. The summed E-state index contributed by atoms with van der Waals surface area (Å²) in [4.78, 5) is 0. The Kier molecular flexibility index (Phi) is 4.19. The lowest BCUT2D eigenvalue weighted by Gasteiger charge is -2.30. The van der Waals surface area contributed by atoms with Gasteiger partial charge in [0, 0.05) is 11.6 Å². The summed E-state index contributed by atoms with van der Waals surface area (Å²) in [6.07, 6.45) is 7.65. The van der Waals surface area contributed by atoms with Crippen LogP contribution in [-0.4, -0.2) is 24.2 Å². The topological polar surface area (TPSA) is 48.3 Å². The van der Waals surface area contributed by atoms with Gasteiger partial charge in [-0.05, 0) is 48.7 Å². The third-order valence-corrected chi connectivity index (χ3v) is 7.46. The zero-order chi connectivity index (χ0) is 19.1. The molecule has 1 aliphatic carbocycles. The molecule has 27 heavy (non-hydrogen) atoms. The first kappa shape index (κ1) is 17.6. The number of aromatic nitrogens is 1. The average molecular weight is 379 g/mol. The first-order valence-corrected chi connectivity index (χ1v) is 10.2. The number of hydrogen-bond donors (Lipinski definition) is 0. The highest BCUT2D eigenvalue weighted by Crippen LogP contribution is 2.37. The fourth-order valence-corrected chi connectivity index (χ4v) is 5.22. The lowest BCUT2D eigenvalue weighted by molar-refractivity contribution is 0.415. The van der Waals surface area contributed by atoms with Gasteiger partial charge in [0.25, 0.3) is 0 Å². The van der Waals surface area contributed by atoms with E-state index >= 15 is 0 Å². The molecule has 1 unspecified atom stereocenters. The Balaban J connectivity index is 1.72. The van der Waals surface area contributed by atoms with Gasteiger partial charge in [0.2, 0.25) is 10.0 Å². The Morgan fingerprint density at radius 1 is 1.04 bits per heavy atom. The molecule has 2 aromatic carbocycles. The summed E-state index contributed by atoms with van der Waals surface area (Å²) < 4.78 is 32.6. The summed E-state index contributed by atoms with van der Waals surface area (Å²) in [6.45, 7) is 1.78. The largest absolute Gasteiger partial charge is 0.497 e. The van der Waals surface area contributed by atoms with Crippen molar-refractivity contribution < 1.29 is 13.2 Å². The second kappa shape index (κ2) is 6.43. The minimum Gasteiger partial charge on any atom is -0.497 e. The number of hydrogen-bond acceptors (Lipinski definition) is 3. The third kappa shape index (κ3) is 2.88. The highest BCUT2D eigenvalue weighted by atomic mass is 32.2. The van der Waals surface area contributed by atoms with Crippen LogP contribution in [0.5, 0.6) is 5.75 Å². The molecule has 1 aliphatic rings. The van der Waals surface area contributed by atoms with Crippen molar-refractivity contribution in [1.82, 2.24) is 3.97 Å². The molecule has 0 spiro atoms. The number of nitrogens with zero attached hydrogens (tertiary/aromatic N) is 1. The van der Waals surface area contributed by atoms with Crippen LogP contribution in [0.1, 0.15) is 18.9 Å². The summed E-state index contributed by atoms with van der Waals surface area (Å²) in [5.74, 6) is 0.778. The van der Waals surface area contributed by atoms with Crippen LogP contribution < -0.4 is 4.74 Å². The van der Waals surface area contributed by atoms with Crippen LogP contribution >= 0.6 is 0 Å². The van der Waals surface area contributed by atoms with Gasteiger partial charge in [0.1, 0.15) is 10.5 Å². The van der Waals surface area contributed by atoms with Crippen molar-refractivity contribution in [2.45, 2.75) is 18.1 Å². The van der Waals surface area contributed by atoms with Crippen molar-refractivity contribution in [2.24, 2.45) is 0 Å². The molecule has 0 saturated heterocycles. The summed E-state index contributed by atoms with van der Waals surface area (Å²) in [5, 5.41) is 0.912. The maximum absolute atomic E-state index is 13.5. The van der Waals surface area contributed by atoms with Crippen molar-refractivity contribution in [2.75, 3.05) is 7.11 Å². The molecule has 0 N–H and O–H groups in total. The molecule has 138 valence electrons. The van der Waals surface area contributed by atoms with E-state index in [1.165, 1.54) is 3.97 Å². The van der Waals surface area contributed by atoms with Crippen LogP contribution in [0, 0.1) is 0 Å². The molecule has 3 aromatic rings. The smallest absolute Gasteiger partial charge is 0.248 e. The number of benzene rings is 2. The zero-order valence-electron chi connectivity index (χ0n) is 15.3. The summed E-state index contributed by atoms with van der Waals surface area (Å²) >= 11 is 0. The van der Waals surface area contributed by atoms with Gasteiger partial charge >= 0.3 is 0 Å². The van der Waals surface area contributed by atoms with Crippen LogP contribution in [-0.2, 0) is 10.0 Å². The Bertz CT molecular complexity index is 1150. The maximum Gasteiger partial charge on any atom is 0.248 e. The van der Waals surface area contributed by atoms with Crippen LogP contribution in [0.4, 0.5) is 0 Å². The number of allylic oxidation sites excluding steroid dienone is 3. The number of fused-ring (bicyclic) bond motifs is 1. The van der Waals surface area contributed by atoms with Gasteiger partial charge in [-0.3, -0.25) is 0 Å². The molecule has 0 fully saturated rings. The van der Waals surface area contributed by atoms with E-state index in [0.29, 0.717) is 11.9 Å². The summed E-state index contributed by atoms with van der Waals surface area (Å²) in [7, 11) is -2.01. The predicted molar refractivity (Wildman–Crippen MR) is 109 cm³/mol. The van der Waals surface area contributed by atoms with Gasteiger partial charge in [0.15, 0.2) is 0 Å². The standard InChI is InChI=1S/C22H21NO3S/c1-22(27(24,25)23-15-13-18-6-3-4-8-21(18)23)14-5-7-19(16-22)17-9-11-20(26-2)12-10-17/h3-15H,16H2,1-2H3. The van der Waals surface area contributed by atoms with Gasteiger partial charge in [-0.25, -0.2) is 12.4 Å². The molecular formula is C22H21NO3S. The first-order valence-electron chi connectivity index (χ1n) is 8.79. The van der Waals surface area contributed by atoms with E-state index in [-0.39, 0.29) is 0 Å². The number of para-hydroxylation sites is 1. The van der Waals surface area contributed by atoms with E-state index in [2.05, 4.69) is 0 Å². The molecule has 1 atom stereocenters. The van der Waals surface area contributed by atoms with E-state index in [1.807, 2.05) is 66.7 Å². The lowest BCUT2D eigenvalue weighted by atomic mass is 9.90. The van der Waals surface area contributed by atoms with Gasteiger partial charge in [-0.15, -0.1) is 0 Å². The van der Waals surface area contributed by atoms with Gasteiger partial charge in [-0.1, -0.05) is 48.6 Å².